The summed E-state index contributed by atoms with van der Waals surface area (Å²) in [4.78, 5) is 14.2. The van der Waals surface area contributed by atoms with Crippen LogP contribution in [0.1, 0.15) is 16.0 Å². The molecule has 0 saturated carbocycles. The molecule has 0 radical (unpaired) electrons. The van der Waals surface area contributed by atoms with Crippen LogP contribution < -0.4 is 9.47 Å². The van der Waals surface area contributed by atoms with Crippen molar-refractivity contribution >= 4 is 45.6 Å². The Morgan fingerprint density at radius 3 is 2.66 bits per heavy atom. The van der Waals surface area contributed by atoms with E-state index in [4.69, 9.17) is 14.2 Å². The summed E-state index contributed by atoms with van der Waals surface area (Å²) in [6.07, 6.45) is 0.322. The highest BCUT2D eigenvalue weighted by Crippen LogP contribution is 2.48. The summed E-state index contributed by atoms with van der Waals surface area (Å²) in [7, 11) is 3.03. The Balaban J connectivity index is 1.75. The van der Waals surface area contributed by atoms with E-state index in [1.165, 1.54) is 25.6 Å². The van der Waals surface area contributed by atoms with Crippen molar-refractivity contribution in [1.82, 2.24) is 8.75 Å². The van der Waals surface area contributed by atoms with Crippen LogP contribution in [0.25, 0.3) is 16.6 Å². The number of methoxy groups -OCH3 is 2. The quantitative estimate of drug-likeness (QED) is 0.427. The van der Waals surface area contributed by atoms with Gasteiger partial charge >= 0.3 is 5.97 Å². The van der Waals surface area contributed by atoms with Gasteiger partial charge < -0.3 is 19.3 Å². The number of rotatable bonds is 6. The maximum absolute atomic E-state index is 13.2. The largest absolute Gasteiger partial charge is 0.497 e. The Morgan fingerprint density at radius 1 is 1.06 bits per heavy atom. The molecule has 32 heavy (non-hydrogen) atoms. The molecule has 4 aromatic rings. The number of hydrogen-bond acceptors (Lipinski definition) is 9. The van der Waals surface area contributed by atoms with Gasteiger partial charge in [-0.1, -0.05) is 12.1 Å². The molecule has 0 bridgehead atoms. The molecule has 2 aromatic carbocycles. The zero-order valence-electron chi connectivity index (χ0n) is 17.2. The molecular formula is C23H18N2O5S2. The van der Waals surface area contributed by atoms with E-state index in [2.05, 4.69) is 8.75 Å². The normalized spacial score (nSPS) is 18.3. The summed E-state index contributed by atoms with van der Waals surface area (Å²) in [6.45, 7) is 0. The second-order valence-corrected chi connectivity index (χ2v) is 8.74. The van der Waals surface area contributed by atoms with Crippen LogP contribution >= 0.6 is 23.1 Å². The van der Waals surface area contributed by atoms with E-state index in [-0.39, 0.29) is 0 Å². The molecule has 0 aliphatic carbocycles. The second-order valence-electron chi connectivity index (χ2n) is 7.18. The number of carbonyl (C=O) groups is 1. The molecule has 1 N–H and O–H groups in total. The number of aliphatic hydroxyl groups is 1. The third-order valence-electron chi connectivity index (χ3n) is 5.40. The van der Waals surface area contributed by atoms with Crippen molar-refractivity contribution in [1.29, 1.82) is 0 Å². The highest BCUT2D eigenvalue weighted by Gasteiger charge is 2.50. The molecule has 0 spiro atoms. The van der Waals surface area contributed by atoms with Crippen molar-refractivity contribution in [2.24, 2.45) is 0 Å². The molecule has 1 aliphatic heterocycles. The summed E-state index contributed by atoms with van der Waals surface area (Å²) < 4.78 is 25.0. The summed E-state index contributed by atoms with van der Waals surface area (Å²) in [5.41, 5.74) is 3.07. The summed E-state index contributed by atoms with van der Waals surface area (Å²) >= 11 is 2.64. The SMILES string of the molecule is COc1ccc(OC)c(C2(O)OC(=O)C(c3ccc4nsnc4c3)=C2Cc2cccs2)c1. The standard InChI is InChI=1S/C23H18N2O5S2/c1-28-14-6-8-20(29-2)16(11-14)23(27)17(12-15-4-3-9-31-15)21(22(26)30-23)13-5-7-18-19(10-13)25-32-24-18/h3-11,27H,12H2,1-2H3. The van der Waals surface area contributed by atoms with E-state index in [0.717, 1.165) is 22.1 Å². The molecule has 2 aromatic heterocycles. The molecule has 0 fully saturated rings. The fourth-order valence-electron chi connectivity index (χ4n) is 3.86. The Labute approximate surface area is 191 Å². The number of benzene rings is 2. The fraction of sp³-hybridized carbons (Fsp3) is 0.174. The predicted octanol–water partition coefficient (Wildman–Crippen LogP) is 4.17. The van der Waals surface area contributed by atoms with Gasteiger partial charge in [0.25, 0.3) is 5.79 Å². The van der Waals surface area contributed by atoms with Gasteiger partial charge in [0.05, 0.1) is 37.1 Å². The Hall–Kier alpha value is -3.27. The van der Waals surface area contributed by atoms with Gasteiger partial charge in [0.1, 0.15) is 22.5 Å². The Kier molecular flexibility index (Phi) is 5.16. The number of ether oxygens (including phenoxy) is 3. The Bertz CT molecular complexity index is 1350. The summed E-state index contributed by atoms with van der Waals surface area (Å²) in [5.74, 6) is -1.76. The number of cyclic esters (lactones) is 1. The van der Waals surface area contributed by atoms with Crippen LogP contribution in [0, 0.1) is 0 Å². The molecule has 0 amide bonds. The number of carbonyl (C=O) groups excluding carboxylic acids is 1. The lowest BCUT2D eigenvalue weighted by atomic mass is 9.89. The minimum Gasteiger partial charge on any atom is -0.497 e. The maximum Gasteiger partial charge on any atom is 0.342 e. The minimum absolute atomic E-state index is 0.297. The van der Waals surface area contributed by atoms with E-state index in [9.17, 15) is 9.90 Å². The molecule has 162 valence electrons. The topological polar surface area (TPSA) is 90.8 Å². The van der Waals surface area contributed by atoms with E-state index in [1.807, 2.05) is 17.5 Å². The van der Waals surface area contributed by atoms with Gasteiger partial charge in [0, 0.05) is 16.9 Å². The second kappa shape index (κ2) is 8.01. The van der Waals surface area contributed by atoms with Gasteiger partial charge in [-0.25, -0.2) is 4.79 Å². The third-order valence-corrected chi connectivity index (χ3v) is 6.83. The maximum atomic E-state index is 13.2. The highest BCUT2D eigenvalue weighted by molar-refractivity contribution is 7.09. The van der Waals surface area contributed by atoms with Crippen molar-refractivity contribution in [2.45, 2.75) is 12.2 Å². The van der Waals surface area contributed by atoms with Crippen molar-refractivity contribution < 1.29 is 24.1 Å². The van der Waals surface area contributed by atoms with Gasteiger partial charge in [-0.3, -0.25) is 0 Å². The van der Waals surface area contributed by atoms with Crippen LogP contribution in [-0.2, 0) is 21.7 Å². The van der Waals surface area contributed by atoms with Crippen molar-refractivity contribution in [3.8, 4) is 11.5 Å². The van der Waals surface area contributed by atoms with Crippen LogP contribution in [-0.4, -0.2) is 34.0 Å². The first-order valence-electron chi connectivity index (χ1n) is 9.70. The molecule has 1 atom stereocenters. The lowest BCUT2D eigenvalue weighted by molar-refractivity contribution is -0.185. The number of thiophene rings is 1. The number of hydrogen-bond donors (Lipinski definition) is 1. The monoisotopic (exact) mass is 466 g/mol. The van der Waals surface area contributed by atoms with Crippen LogP contribution in [0.3, 0.4) is 0 Å². The van der Waals surface area contributed by atoms with Crippen LogP contribution in [0.15, 0.2) is 59.5 Å². The van der Waals surface area contributed by atoms with Crippen molar-refractivity contribution in [3.05, 3.63) is 75.5 Å². The van der Waals surface area contributed by atoms with E-state index in [1.54, 1.807) is 36.4 Å². The number of nitrogens with zero attached hydrogens (tertiary/aromatic N) is 2. The molecule has 1 aliphatic rings. The molecule has 9 heteroatoms. The van der Waals surface area contributed by atoms with E-state index in [0.29, 0.717) is 45.7 Å². The van der Waals surface area contributed by atoms with Crippen molar-refractivity contribution in [2.75, 3.05) is 14.2 Å². The van der Waals surface area contributed by atoms with Gasteiger partial charge in [-0.2, -0.15) is 8.75 Å². The predicted molar refractivity (Wildman–Crippen MR) is 122 cm³/mol. The average Bonchev–Trinajstić information content (AvgIpc) is 3.54. The Morgan fingerprint density at radius 2 is 1.91 bits per heavy atom. The van der Waals surface area contributed by atoms with Gasteiger partial charge in [0.2, 0.25) is 0 Å². The van der Waals surface area contributed by atoms with Gasteiger partial charge in [0.15, 0.2) is 0 Å². The lowest BCUT2D eigenvalue weighted by Crippen LogP contribution is -2.30. The average molecular weight is 467 g/mol. The first-order chi connectivity index (χ1) is 15.5. The zero-order chi connectivity index (χ0) is 22.3. The molecule has 7 nitrogen and oxygen atoms in total. The van der Waals surface area contributed by atoms with Crippen LogP contribution in [0.4, 0.5) is 0 Å². The van der Waals surface area contributed by atoms with Gasteiger partial charge in [-0.05, 0) is 47.3 Å². The van der Waals surface area contributed by atoms with Crippen LogP contribution in [0.2, 0.25) is 0 Å². The minimum atomic E-state index is -2.02. The third kappa shape index (κ3) is 3.35. The van der Waals surface area contributed by atoms with E-state index < -0.39 is 11.8 Å². The zero-order valence-corrected chi connectivity index (χ0v) is 18.8. The first-order valence-corrected chi connectivity index (χ1v) is 11.3. The highest BCUT2D eigenvalue weighted by atomic mass is 32.1. The van der Waals surface area contributed by atoms with E-state index >= 15 is 0 Å². The van der Waals surface area contributed by atoms with Crippen molar-refractivity contribution in [3.63, 3.8) is 0 Å². The fourth-order valence-corrected chi connectivity index (χ4v) is 5.10. The lowest BCUT2D eigenvalue weighted by Gasteiger charge is -2.27. The number of aromatic nitrogens is 2. The summed E-state index contributed by atoms with van der Waals surface area (Å²) in [5, 5.41) is 13.8. The smallest absolute Gasteiger partial charge is 0.342 e. The molecule has 5 rings (SSSR count). The van der Waals surface area contributed by atoms with Crippen LogP contribution in [0.5, 0.6) is 11.5 Å². The molecular weight excluding hydrogens is 448 g/mol. The summed E-state index contributed by atoms with van der Waals surface area (Å²) in [6, 6.07) is 14.3. The first kappa shape index (κ1) is 20.6. The number of esters is 1. The number of fused-ring (bicyclic) bond motifs is 1. The molecule has 0 saturated heterocycles. The molecule has 3 heterocycles. The van der Waals surface area contributed by atoms with Gasteiger partial charge in [-0.15, -0.1) is 11.3 Å². The molecule has 1 unspecified atom stereocenters.